The Morgan fingerprint density at radius 3 is 2.43 bits per heavy atom. The van der Waals surface area contributed by atoms with Crippen LogP contribution < -0.4 is 10.5 Å². The summed E-state index contributed by atoms with van der Waals surface area (Å²) < 4.78 is 46.6. The Balaban J connectivity index is 1.84. The van der Waals surface area contributed by atoms with Crippen LogP contribution in [-0.4, -0.2) is 25.0 Å². The van der Waals surface area contributed by atoms with Crippen molar-refractivity contribution in [3.8, 4) is 28.3 Å². The predicted molar refractivity (Wildman–Crippen MR) is 126 cm³/mol. The number of aliphatic hydroxyl groups is 1. The molecule has 0 radical (unpaired) electrons. The summed E-state index contributed by atoms with van der Waals surface area (Å²) in [6.45, 7) is 4.88. The third kappa shape index (κ3) is 5.57. The van der Waals surface area contributed by atoms with Crippen LogP contribution in [0.5, 0.6) is 5.88 Å². The minimum absolute atomic E-state index is 0.0151. The van der Waals surface area contributed by atoms with Gasteiger partial charge in [0.1, 0.15) is 23.1 Å². The fraction of sp³-hybridized carbons (Fsp3) is 0.250. The second-order valence-electron chi connectivity index (χ2n) is 8.31. The molecule has 3 heterocycles. The molecule has 0 atom stereocenters. The van der Waals surface area contributed by atoms with Gasteiger partial charge in [-0.1, -0.05) is 0 Å². The van der Waals surface area contributed by atoms with Gasteiger partial charge in [-0.2, -0.15) is 4.98 Å². The number of halogens is 3. The van der Waals surface area contributed by atoms with Crippen LogP contribution in [0.25, 0.3) is 22.4 Å². The molecule has 3 aromatic heterocycles. The number of pyridine rings is 1. The van der Waals surface area contributed by atoms with Crippen LogP contribution in [0.2, 0.25) is 0 Å². The van der Waals surface area contributed by atoms with Crippen molar-refractivity contribution in [2.45, 2.75) is 39.4 Å². The van der Waals surface area contributed by atoms with E-state index in [1.165, 1.54) is 41.7 Å². The first-order valence-corrected chi connectivity index (χ1v) is 11.3. The maximum atomic E-state index is 13.6. The van der Waals surface area contributed by atoms with E-state index in [1.54, 1.807) is 33.0 Å². The molecule has 0 bridgehead atoms. The minimum atomic E-state index is -2.79. The number of nitrogen functional groups attached to an aromatic ring is 1. The van der Waals surface area contributed by atoms with E-state index in [2.05, 4.69) is 19.9 Å². The SMILES string of the molecule is Cc1cc(-c2c(OCc3ncc(C(C)(C)O)s3)nc(N)nc2-c2ccc(F)cc2)cc(C(F)F)n1. The Kier molecular flexibility index (Phi) is 6.73. The van der Waals surface area contributed by atoms with Crippen molar-refractivity contribution in [3.63, 3.8) is 0 Å². The van der Waals surface area contributed by atoms with E-state index in [0.29, 0.717) is 32.3 Å². The minimum Gasteiger partial charge on any atom is -0.470 e. The fourth-order valence-electron chi connectivity index (χ4n) is 3.38. The lowest BCUT2D eigenvalue weighted by atomic mass is 9.99. The smallest absolute Gasteiger partial charge is 0.280 e. The maximum Gasteiger partial charge on any atom is 0.280 e. The molecule has 4 rings (SSSR count). The molecule has 0 aliphatic rings. The molecule has 4 aromatic rings. The van der Waals surface area contributed by atoms with Gasteiger partial charge in [0, 0.05) is 17.5 Å². The van der Waals surface area contributed by atoms with Crippen LogP contribution in [0, 0.1) is 12.7 Å². The number of nitrogens with zero attached hydrogens (tertiary/aromatic N) is 4. The van der Waals surface area contributed by atoms with E-state index in [1.807, 2.05) is 0 Å². The Bertz CT molecular complexity index is 1350. The number of ether oxygens (including phenoxy) is 1. The molecule has 0 saturated heterocycles. The van der Waals surface area contributed by atoms with Crippen LogP contribution in [0.15, 0.2) is 42.6 Å². The first-order valence-electron chi connectivity index (χ1n) is 10.5. The number of nitrogens with two attached hydrogens (primary N) is 1. The maximum absolute atomic E-state index is 13.6. The number of rotatable bonds is 7. The summed E-state index contributed by atoms with van der Waals surface area (Å²) in [5, 5.41) is 10.8. The van der Waals surface area contributed by atoms with Crippen molar-refractivity contribution in [1.29, 1.82) is 0 Å². The number of thiazole rings is 1. The molecule has 3 N–H and O–H groups in total. The second-order valence-corrected chi connectivity index (χ2v) is 9.42. The van der Waals surface area contributed by atoms with Crippen LogP contribution in [0.4, 0.5) is 19.1 Å². The van der Waals surface area contributed by atoms with Gasteiger partial charge in [-0.25, -0.2) is 23.1 Å². The third-order valence-electron chi connectivity index (χ3n) is 4.99. The quantitative estimate of drug-likeness (QED) is 0.347. The number of anilines is 1. The zero-order chi connectivity index (χ0) is 25.3. The van der Waals surface area contributed by atoms with Gasteiger partial charge in [0.2, 0.25) is 11.8 Å². The highest BCUT2D eigenvalue weighted by atomic mass is 32.1. The van der Waals surface area contributed by atoms with E-state index < -0.39 is 23.5 Å². The molecular weight excluding hydrogens is 479 g/mol. The average Bonchev–Trinajstić information content (AvgIpc) is 3.27. The Hall–Kier alpha value is -3.57. The monoisotopic (exact) mass is 501 g/mol. The summed E-state index contributed by atoms with van der Waals surface area (Å²) in [5.74, 6) is -0.512. The molecule has 35 heavy (non-hydrogen) atoms. The summed E-state index contributed by atoms with van der Waals surface area (Å²) in [7, 11) is 0. The van der Waals surface area contributed by atoms with E-state index in [0.717, 1.165) is 0 Å². The molecule has 11 heteroatoms. The van der Waals surface area contributed by atoms with Gasteiger partial charge in [-0.3, -0.25) is 4.98 Å². The number of alkyl halides is 2. The standard InChI is InChI=1S/C24H22F3N5O2S/c1-12-8-14(9-16(30-12)21(26)27)19-20(13-4-6-15(25)7-5-13)31-23(28)32-22(19)34-11-18-29-10-17(35-18)24(2,3)33/h4-10,21,33H,11H2,1-3H3,(H2,28,31,32). The van der Waals surface area contributed by atoms with E-state index in [9.17, 15) is 18.3 Å². The lowest BCUT2D eigenvalue weighted by molar-refractivity contribution is 0.0823. The molecule has 182 valence electrons. The zero-order valence-electron chi connectivity index (χ0n) is 19.1. The van der Waals surface area contributed by atoms with Crippen LogP contribution in [-0.2, 0) is 12.2 Å². The first kappa shape index (κ1) is 24.6. The highest BCUT2D eigenvalue weighted by Gasteiger charge is 2.23. The van der Waals surface area contributed by atoms with E-state index >= 15 is 0 Å². The normalized spacial score (nSPS) is 11.8. The summed E-state index contributed by atoms with van der Waals surface area (Å²) >= 11 is 1.26. The summed E-state index contributed by atoms with van der Waals surface area (Å²) in [6.07, 6.45) is -1.23. The third-order valence-corrected chi connectivity index (χ3v) is 6.27. The predicted octanol–water partition coefficient (Wildman–Crippen LogP) is 5.44. The van der Waals surface area contributed by atoms with Crippen molar-refractivity contribution in [1.82, 2.24) is 19.9 Å². The molecule has 0 saturated carbocycles. The van der Waals surface area contributed by atoms with E-state index in [-0.39, 0.29) is 24.1 Å². The molecule has 0 aliphatic heterocycles. The van der Waals surface area contributed by atoms with Crippen molar-refractivity contribution in [3.05, 3.63) is 69.7 Å². The highest BCUT2D eigenvalue weighted by Crippen LogP contribution is 2.39. The first-order chi connectivity index (χ1) is 16.5. The Morgan fingerprint density at radius 2 is 1.80 bits per heavy atom. The summed E-state index contributed by atoms with van der Waals surface area (Å²) in [6, 6.07) is 8.37. The largest absolute Gasteiger partial charge is 0.470 e. The van der Waals surface area contributed by atoms with Crippen molar-refractivity contribution >= 4 is 17.3 Å². The van der Waals surface area contributed by atoms with Crippen molar-refractivity contribution < 1.29 is 23.0 Å². The highest BCUT2D eigenvalue weighted by molar-refractivity contribution is 7.11. The second kappa shape index (κ2) is 9.59. The van der Waals surface area contributed by atoms with Gasteiger partial charge in [-0.15, -0.1) is 11.3 Å². The molecule has 0 fully saturated rings. The van der Waals surface area contributed by atoms with Crippen LogP contribution in [0.3, 0.4) is 0 Å². The molecule has 0 amide bonds. The van der Waals surface area contributed by atoms with Gasteiger partial charge in [0.15, 0.2) is 0 Å². The van der Waals surface area contributed by atoms with Crippen LogP contribution >= 0.6 is 11.3 Å². The average molecular weight is 502 g/mol. The molecular formula is C24H22F3N5O2S. The lowest BCUT2D eigenvalue weighted by Gasteiger charge is -2.16. The summed E-state index contributed by atoms with van der Waals surface area (Å²) in [5.41, 5.74) is 6.27. The van der Waals surface area contributed by atoms with Gasteiger partial charge < -0.3 is 15.6 Å². The molecule has 0 unspecified atom stereocenters. The van der Waals surface area contributed by atoms with Crippen molar-refractivity contribution in [2.24, 2.45) is 0 Å². The summed E-state index contributed by atoms with van der Waals surface area (Å²) in [4.78, 5) is 17.4. The number of benzene rings is 1. The Labute approximate surface area is 203 Å². The molecule has 7 nitrogen and oxygen atoms in total. The molecule has 0 spiro atoms. The van der Waals surface area contributed by atoms with Crippen molar-refractivity contribution in [2.75, 3.05) is 5.73 Å². The number of aromatic nitrogens is 4. The van der Waals surface area contributed by atoms with Gasteiger partial charge >= 0.3 is 0 Å². The topological polar surface area (TPSA) is 107 Å². The number of aryl methyl sites for hydroxylation is 1. The number of hydrogen-bond acceptors (Lipinski definition) is 8. The number of hydrogen-bond donors (Lipinski definition) is 2. The molecule has 0 aliphatic carbocycles. The lowest BCUT2D eigenvalue weighted by Crippen LogP contribution is -2.12. The van der Waals surface area contributed by atoms with Gasteiger partial charge in [0.25, 0.3) is 6.43 Å². The van der Waals surface area contributed by atoms with E-state index in [4.69, 9.17) is 10.5 Å². The molecule has 1 aromatic carbocycles. The fourth-order valence-corrected chi connectivity index (χ4v) is 4.21. The van der Waals surface area contributed by atoms with Gasteiger partial charge in [0.05, 0.1) is 21.7 Å². The van der Waals surface area contributed by atoms with Crippen LogP contribution in [0.1, 0.15) is 41.5 Å². The Morgan fingerprint density at radius 1 is 1.09 bits per heavy atom. The van der Waals surface area contributed by atoms with Gasteiger partial charge in [-0.05, 0) is 62.7 Å². The zero-order valence-corrected chi connectivity index (χ0v) is 19.9.